The van der Waals surface area contributed by atoms with E-state index in [-0.39, 0.29) is 51.7 Å². The van der Waals surface area contributed by atoms with Crippen LogP contribution in [-0.4, -0.2) is 71.0 Å². The summed E-state index contributed by atoms with van der Waals surface area (Å²) in [6, 6.07) is 7.00. The van der Waals surface area contributed by atoms with Crippen LogP contribution in [0, 0.1) is 0 Å². The summed E-state index contributed by atoms with van der Waals surface area (Å²) in [5.74, 6) is -4.08. The molecule has 0 aromatic heterocycles. The molecule has 1 rings (SSSR count). The summed E-state index contributed by atoms with van der Waals surface area (Å²) in [5, 5.41) is 18.3. The summed E-state index contributed by atoms with van der Waals surface area (Å²) >= 11 is 0. The summed E-state index contributed by atoms with van der Waals surface area (Å²) in [6.07, 6.45) is 10.4. The number of aryl methyl sites for hydroxylation is 1. The number of carbonyl (C=O) groups is 2. The third-order valence-corrected chi connectivity index (χ3v) is 4.16. The Bertz CT molecular complexity index is 498. The first-order chi connectivity index (χ1) is 11.1. The maximum absolute atomic E-state index is 11.2. The van der Waals surface area contributed by atoms with Gasteiger partial charge < -0.3 is 13.1 Å². The molecule has 0 saturated heterocycles. The van der Waals surface area contributed by atoms with Crippen molar-refractivity contribution in [1.29, 1.82) is 0 Å². The van der Waals surface area contributed by atoms with Crippen LogP contribution in [0.4, 0.5) is 0 Å². The zero-order valence-corrected chi connectivity index (χ0v) is 19.1. The van der Waals surface area contributed by atoms with Gasteiger partial charge in [-0.15, -0.1) is 0 Å². The number of benzene rings is 1. The van der Waals surface area contributed by atoms with Crippen molar-refractivity contribution in [1.82, 2.24) is 0 Å². The van der Waals surface area contributed by atoms with E-state index in [0.717, 1.165) is 24.8 Å². The first kappa shape index (κ1) is 23.7. The van der Waals surface area contributed by atoms with Crippen LogP contribution >= 0.6 is 0 Å². The standard InChI is InChI=1S/C19H28O4.Ba.2H/c1-2-3-4-5-6-7-8-9-12-15-13-10-11-14-16(15)17(18(20)21)19(22)23;;;/h10-11,13-14,17H,2-9,12H2,1H3,(H,20,21)(H,22,23);;;/q;+2;2*-1. The van der Waals surface area contributed by atoms with E-state index < -0.39 is 17.9 Å². The number of unbranched alkanes of at least 4 members (excludes halogenated alkanes) is 7. The molecule has 0 unspecified atom stereocenters. The average molecular weight is 460 g/mol. The summed E-state index contributed by atoms with van der Waals surface area (Å²) in [5.41, 5.74) is 1.25. The van der Waals surface area contributed by atoms with Gasteiger partial charge in [0.1, 0.15) is 0 Å². The molecule has 24 heavy (non-hydrogen) atoms. The molecular weight excluding hydrogens is 430 g/mol. The van der Waals surface area contributed by atoms with Crippen molar-refractivity contribution in [2.75, 3.05) is 0 Å². The van der Waals surface area contributed by atoms with Crippen LogP contribution in [0.1, 0.15) is 78.2 Å². The number of carboxylic acid groups (broad SMARTS) is 2. The number of rotatable bonds is 12. The first-order valence-corrected chi connectivity index (χ1v) is 8.61. The van der Waals surface area contributed by atoms with Crippen LogP contribution in [0.25, 0.3) is 0 Å². The van der Waals surface area contributed by atoms with Crippen LogP contribution in [0.15, 0.2) is 24.3 Å². The Morgan fingerprint density at radius 1 is 0.917 bits per heavy atom. The predicted octanol–water partition coefficient (Wildman–Crippen LogP) is 4.47. The topological polar surface area (TPSA) is 74.6 Å². The Balaban J connectivity index is -0.00000176. The molecule has 2 N–H and O–H groups in total. The second-order valence-corrected chi connectivity index (χ2v) is 6.03. The van der Waals surface area contributed by atoms with Gasteiger partial charge in [-0.3, -0.25) is 9.59 Å². The van der Waals surface area contributed by atoms with E-state index in [1.807, 2.05) is 12.1 Å². The van der Waals surface area contributed by atoms with Gasteiger partial charge >= 0.3 is 60.8 Å². The van der Waals surface area contributed by atoms with Crippen LogP contribution < -0.4 is 0 Å². The fourth-order valence-electron chi connectivity index (χ4n) is 2.86. The van der Waals surface area contributed by atoms with Crippen molar-refractivity contribution in [3.8, 4) is 0 Å². The number of aliphatic carboxylic acids is 2. The minimum Gasteiger partial charge on any atom is -1.00 e. The molecule has 4 nitrogen and oxygen atoms in total. The Morgan fingerprint density at radius 2 is 1.42 bits per heavy atom. The van der Waals surface area contributed by atoms with Gasteiger partial charge in [-0.2, -0.15) is 0 Å². The fourth-order valence-corrected chi connectivity index (χ4v) is 2.86. The minimum atomic E-state index is -1.47. The van der Waals surface area contributed by atoms with Gasteiger partial charge in [-0.05, 0) is 24.0 Å². The number of carboxylic acids is 2. The SMILES string of the molecule is CCCCCCCCCCc1ccccc1C(C(=O)O)C(=O)O.[Ba+2].[H-].[H-]. The normalized spacial score (nSPS) is 10.4. The maximum atomic E-state index is 11.2. The molecule has 0 aliphatic heterocycles. The molecule has 0 bridgehead atoms. The Hall–Kier alpha value is -0.269. The second-order valence-electron chi connectivity index (χ2n) is 6.03. The monoisotopic (exact) mass is 460 g/mol. The van der Waals surface area contributed by atoms with Crippen LogP contribution in [-0.2, 0) is 16.0 Å². The van der Waals surface area contributed by atoms with Crippen molar-refractivity contribution in [3.63, 3.8) is 0 Å². The van der Waals surface area contributed by atoms with Crippen molar-refractivity contribution in [2.24, 2.45) is 0 Å². The first-order valence-electron chi connectivity index (χ1n) is 8.61. The molecule has 0 radical (unpaired) electrons. The Kier molecular flexibility index (Phi) is 13.8. The molecule has 0 aliphatic rings. The predicted molar refractivity (Wildman–Crippen MR) is 98.7 cm³/mol. The van der Waals surface area contributed by atoms with Crippen LogP contribution in [0.2, 0.25) is 0 Å². The molecule has 0 aliphatic carbocycles. The maximum Gasteiger partial charge on any atom is 2.00 e. The largest absolute Gasteiger partial charge is 2.00 e. The van der Waals surface area contributed by atoms with E-state index in [1.165, 1.54) is 38.5 Å². The van der Waals surface area contributed by atoms with E-state index in [2.05, 4.69) is 6.92 Å². The van der Waals surface area contributed by atoms with Gasteiger partial charge in [0.05, 0.1) is 0 Å². The number of hydrogen-bond donors (Lipinski definition) is 2. The molecule has 0 atom stereocenters. The van der Waals surface area contributed by atoms with E-state index >= 15 is 0 Å². The fraction of sp³-hybridized carbons (Fsp3) is 0.579. The third-order valence-electron chi connectivity index (χ3n) is 4.16. The van der Waals surface area contributed by atoms with Crippen molar-refractivity contribution < 1.29 is 22.7 Å². The molecular formula is C19H30BaO4. The van der Waals surface area contributed by atoms with Gasteiger partial charge in [0.2, 0.25) is 0 Å². The molecule has 1 aromatic rings. The van der Waals surface area contributed by atoms with Crippen LogP contribution in [0.3, 0.4) is 0 Å². The minimum absolute atomic E-state index is 0. The van der Waals surface area contributed by atoms with Gasteiger partial charge in [-0.1, -0.05) is 76.1 Å². The van der Waals surface area contributed by atoms with Crippen LogP contribution in [0.5, 0.6) is 0 Å². The van der Waals surface area contributed by atoms with Gasteiger partial charge in [0.15, 0.2) is 5.92 Å². The van der Waals surface area contributed by atoms with E-state index in [9.17, 15) is 9.59 Å². The number of hydrogen-bond acceptors (Lipinski definition) is 2. The van der Waals surface area contributed by atoms with Crippen molar-refractivity contribution >= 4 is 60.8 Å². The van der Waals surface area contributed by atoms with Gasteiger partial charge in [0.25, 0.3) is 0 Å². The molecule has 0 amide bonds. The molecule has 132 valence electrons. The summed E-state index contributed by atoms with van der Waals surface area (Å²) in [7, 11) is 0. The van der Waals surface area contributed by atoms with E-state index in [1.54, 1.807) is 12.1 Å². The molecule has 0 heterocycles. The Morgan fingerprint density at radius 3 is 1.96 bits per heavy atom. The summed E-state index contributed by atoms with van der Waals surface area (Å²) in [6.45, 7) is 2.21. The molecule has 5 heteroatoms. The third kappa shape index (κ3) is 8.72. The smallest absolute Gasteiger partial charge is 1.00 e. The second kappa shape index (κ2) is 14.0. The zero-order chi connectivity index (χ0) is 17.1. The quantitative estimate of drug-likeness (QED) is 0.275. The van der Waals surface area contributed by atoms with Gasteiger partial charge in [0, 0.05) is 0 Å². The summed E-state index contributed by atoms with van der Waals surface area (Å²) in [4.78, 5) is 22.4. The van der Waals surface area contributed by atoms with E-state index in [4.69, 9.17) is 10.2 Å². The molecule has 0 fully saturated rings. The molecule has 1 aromatic carbocycles. The molecule has 0 saturated carbocycles. The van der Waals surface area contributed by atoms with Crippen molar-refractivity contribution in [3.05, 3.63) is 35.4 Å². The zero-order valence-electron chi connectivity index (χ0n) is 16.7. The Labute approximate surface area is 188 Å². The summed E-state index contributed by atoms with van der Waals surface area (Å²) < 4.78 is 0. The van der Waals surface area contributed by atoms with Gasteiger partial charge in [-0.25, -0.2) is 0 Å². The molecule has 0 spiro atoms. The average Bonchev–Trinajstić information content (AvgIpc) is 2.50. The van der Waals surface area contributed by atoms with E-state index in [0.29, 0.717) is 5.56 Å². The van der Waals surface area contributed by atoms with Crippen molar-refractivity contribution in [2.45, 2.75) is 70.6 Å².